The number of hydrogen-bond donors (Lipinski definition) is 2. The van der Waals surface area contributed by atoms with Gasteiger partial charge in [0.05, 0.1) is 27.0 Å². The summed E-state index contributed by atoms with van der Waals surface area (Å²) in [6.45, 7) is 6.76. The highest BCUT2D eigenvalue weighted by Crippen LogP contribution is 2.27. The number of aliphatic imine (C=N–C) groups is 2. The lowest BCUT2D eigenvalue weighted by molar-refractivity contribution is 0.224. The fraction of sp³-hybridized carbons (Fsp3) is 0.474. The largest absolute Gasteiger partial charge is 0.493 e. The summed E-state index contributed by atoms with van der Waals surface area (Å²) in [5.74, 6) is 7.97. The normalized spacial score (nSPS) is 11.8. The number of nitrogens with two attached hydrogens (primary N) is 1. The van der Waals surface area contributed by atoms with Crippen molar-refractivity contribution in [3.05, 3.63) is 35.7 Å². The molecular weight excluding hydrogens is 332 g/mol. The van der Waals surface area contributed by atoms with Crippen molar-refractivity contribution in [3.8, 4) is 11.5 Å². The van der Waals surface area contributed by atoms with Gasteiger partial charge in [-0.2, -0.15) is 0 Å². The number of benzene rings is 1. The van der Waals surface area contributed by atoms with Crippen LogP contribution < -0.4 is 20.7 Å². The minimum Gasteiger partial charge on any atom is -0.493 e. The highest BCUT2D eigenvalue weighted by molar-refractivity contribution is 5.96. The van der Waals surface area contributed by atoms with Crippen molar-refractivity contribution in [2.75, 3.05) is 27.4 Å². The summed E-state index contributed by atoms with van der Waals surface area (Å²) in [6, 6.07) is 5.89. The molecule has 0 fully saturated rings. The van der Waals surface area contributed by atoms with Gasteiger partial charge in [-0.25, -0.2) is 5.84 Å². The van der Waals surface area contributed by atoms with Gasteiger partial charge in [0, 0.05) is 6.54 Å². The van der Waals surface area contributed by atoms with Crippen molar-refractivity contribution in [1.82, 2.24) is 5.43 Å². The second kappa shape index (κ2) is 12.8. The second-order valence-corrected chi connectivity index (χ2v) is 5.55. The molecule has 7 heteroatoms. The second-order valence-electron chi connectivity index (χ2n) is 5.55. The molecule has 0 saturated carbocycles. The number of rotatable bonds is 12. The summed E-state index contributed by atoms with van der Waals surface area (Å²) in [4.78, 5) is 8.17. The first-order valence-electron chi connectivity index (χ1n) is 8.71. The lowest BCUT2D eigenvalue weighted by Gasteiger charge is -2.13. The first-order valence-corrected chi connectivity index (χ1v) is 8.71. The van der Waals surface area contributed by atoms with Crippen LogP contribution >= 0.6 is 0 Å². The van der Waals surface area contributed by atoms with Gasteiger partial charge in [-0.1, -0.05) is 19.4 Å². The predicted molar refractivity (Wildman–Crippen MR) is 106 cm³/mol. The molecule has 0 unspecified atom stereocenters. The molecule has 0 atom stereocenters. The summed E-state index contributed by atoms with van der Waals surface area (Å²) in [5, 5.41) is 0. The average Bonchev–Trinajstić information content (AvgIpc) is 2.67. The van der Waals surface area contributed by atoms with Gasteiger partial charge < -0.3 is 19.6 Å². The SMILES string of the molecule is C=N/C=C(/OCCCc1ccc(OC)c(OC)c1)C(=NCCCC)NN. The monoisotopic (exact) mass is 362 g/mol. The van der Waals surface area contributed by atoms with E-state index in [-0.39, 0.29) is 0 Å². The van der Waals surface area contributed by atoms with Crippen molar-refractivity contribution in [2.45, 2.75) is 32.6 Å². The van der Waals surface area contributed by atoms with E-state index in [2.05, 4.69) is 29.1 Å². The number of nitrogens with one attached hydrogen (secondary N) is 1. The predicted octanol–water partition coefficient (Wildman–Crippen LogP) is 2.86. The Morgan fingerprint density at radius 3 is 2.62 bits per heavy atom. The van der Waals surface area contributed by atoms with Crippen molar-refractivity contribution >= 4 is 12.6 Å². The number of amidine groups is 1. The average molecular weight is 362 g/mol. The van der Waals surface area contributed by atoms with E-state index in [0.29, 0.717) is 24.7 Å². The van der Waals surface area contributed by atoms with Crippen LogP contribution in [0.5, 0.6) is 11.5 Å². The summed E-state index contributed by atoms with van der Waals surface area (Å²) < 4.78 is 16.4. The van der Waals surface area contributed by atoms with E-state index in [1.807, 2.05) is 18.2 Å². The smallest absolute Gasteiger partial charge is 0.180 e. The molecule has 0 amide bonds. The molecule has 3 N–H and O–H groups in total. The van der Waals surface area contributed by atoms with Crippen LogP contribution in [0.2, 0.25) is 0 Å². The van der Waals surface area contributed by atoms with Crippen molar-refractivity contribution in [3.63, 3.8) is 0 Å². The number of hydrazine groups is 1. The molecule has 0 aliphatic carbocycles. The molecule has 0 aliphatic rings. The Morgan fingerprint density at radius 1 is 1.23 bits per heavy atom. The maximum atomic E-state index is 5.79. The minimum absolute atomic E-state index is 0.483. The number of unbranched alkanes of at least 4 members (excludes halogenated alkanes) is 1. The van der Waals surface area contributed by atoms with Crippen molar-refractivity contribution in [1.29, 1.82) is 0 Å². The van der Waals surface area contributed by atoms with Crippen molar-refractivity contribution in [2.24, 2.45) is 15.8 Å². The molecule has 7 nitrogen and oxygen atoms in total. The van der Waals surface area contributed by atoms with Gasteiger partial charge in [-0.3, -0.25) is 9.98 Å². The van der Waals surface area contributed by atoms with Crippen LogP contribution in [0.3, 0.4) is 0 Å². The maximum absolute atomic E-state index is 5.79. The van der Waals surface area contributed by atoms with Crippen LogP contribution in [-0.2, 0) is 11.2 Å². The fourth-order valence-electron chi connectivity index (χ4n) is 2.29. The molecule has 0 spiro atoms. The fourth-order valence-corrected chi connectivity index (χ4v) is 2.29. The van der Waals surface area contributed by atoms with Crippen LogP contribution in [0.15, 0.2) is 40.1 Å². The molecule has 0 aliphatic heterocycles. The summed E-state index contributed by atoms with van der Waals surface area (Å²) in [7, 11) is 3.25. The van der Waals surface area contributed by atoms with E-state index in [0.717, 1.165) is 42.7 Å². The van der Waals surface area contributed by atoms with Gasteiger partial charge >= 0.3 is 0 Å². The highest BCUT2D eigenvalue weighted by Gasteiger charge is 2.08. The van der Waals surface area contributed by atoms with Crippen LogP contribution in [0.1, 0.15) is 31.7 Å². The van der Waals surface area contributed by atoms with Gasteiger partial charge in [0.2, 0.25) is 0 Å². The number of hydrogen-bond acceptors (Lipinski definition) is 6. The standard InChI is InChI=1S/C19H30N4O3/c1-5-6-11-22-19(23-20)18(14-21-2)26-12-7-8-15-9-10-16(24-3)17(13-15)25-4/h9-10,13-14H,2,5-8,11-12,20H2,1,3-4H3,(H,22,23)/b18-14+. The number of methoxy groups -OCH3 is 2. The molecule has 1 aromatic carbocycles. The van der Waals surface area contributed by atoms with E-state index >= 15 is 0 Å². The van der Waals surface area contributed by atoms with Gasteiger partial charge in [0.1, 0.15) is 0 Å². The molecule has 0 bridgehead atoms. The van der Waals surface area contributed by atoms with Crippen LogP contribution in [0.4, 0.5) is 0 Å². The molecule has 1 rings (SSSR count). The Morgan fingerprint density at radius 2 is 2.00 bits per heavy atom. The summed E-state index contributed by atoms with van der Waals surface area (Å²) in [6.07, 6.45) is 5.22. The van der Waals surface area contributed by atoms with Gasteiger partial charge in [-0.05, 0) is 43.7 Å². The zero-order valence-electron chi connectivity index (χ0n) is 16.0. The third-order valence-electron chi connectivity index (χ3n) is 3.68. The Hall–Kier alpha value is -2.54. The highest BCUT2D eigenvalue weighted by atomic mass is 16.5. The lowest BCUT2D eigenvalue weighted by atomic mass is 10.1. The number of aryl methyl sites for hydroxylation is 1. The molecule has 0 heterocycles. The summed E-state index contributed by atoms with van der Waals surface area (Å²) in [5.41, 5.74) is 3.72. The van der Waals surface area contributed by atoms with E-state index < -0.39 is 0 Å². The van der Waals surface area contributed by atoms with Crippen LogP contribution in [0.25, 0.3) is 0 Å². The van der Waals surface area contributed by atoms with E-state index in [9.17, 15) is 0 Å². The Balaban J connectivity index is 2.59. The molecule has 0 saturated heterocycles. The van der Waals surface area contributed by atoms with Gasteiger partial charge in [0.15, 0.2) is 23.1 Å². The Kier molecular flexibility index (Phi) is 10.6. The van der Waals surface area contributed by atoms with Crippen molar-refractivity contribution < 1.29 is 14.2 Å². The van der Waals surface area contributed by atoms with E-state index in [4.69, 9.17) is 20.1 Å². The minimum atomic E-state index is 0.483. The zero-order chi connectivity index (χ0) is 19.2. The Bertz CT molecular complexity index is 615. The molecule has 144 valence electrons. The first-order chi connectivity index (χ1) is 12.7. The van der Waals surface area contributed by atoms with Gasteiger partial charge in [-0.15, -0.1) is 0 Å². The lowest BCUT2D eigenvalue weighted by Crippen LogP contribution is -2.33. The van der Waals surface area contributed by atoms with Crippen LogP contribution in [-0.4, -0.2) is 39.9 Å². The first kappa shape index (κ1) is 21.5. The van der Waals surface area contributed by atoms with Gasteiger partial charge in [0.25, 0.3) is 0 Å². The topological polar surface area (TPSA) is 90.5 Å². The number of ether oxygens (including phenoxy) is 3. The molecule has 1 aromatic rings. The third-order valence-corrected chi connectivity index (χ3v) is 3.68. The number of nitrogens with zero attached hydrogens (tertiary/aromatic N) is 2. The Labute approximate surface area is 155 Å². The quantitative estimate of drug-likeness (QED) is 0.149. The van der Waals surface area contributed by atoms with E-state index in [1.54, 1.807) is 14.2 Å². The van der Waals surface area contributed by atoms with Crippen LogP contribution in [0, 0.1) is 0 Å². The summed E-state index contributed by atoms with van der Waals surface area (Å²) >= 11 is 0. The zero-order valence-corrected chi connectivity index (χ0v) is 16.0. The third kappa shape index (κ3) is 7.14. The molecular formula is C19H30N4O3. The molecule has 26 heavy (non-hydrogen) atoms. The molecule has 0 radical (unpaired) electrons. The maximum Gasteiger partial charge on any atom is 0.180 e. The van der Waals surface area contributed by atoms with E-state index in [1.165, 1.54) is 6.20 Å². The molecule has 0 aromatic heterocycles.